The van der Waals surface area contributed by atoms with E-state index in [1.807, 2.05) is 19.2 Å². The normalized spacial score (nSPS) is 24.2. The summed E-state index contributed by atoms with van der Waals surface area (Å²) in [5.74, 6) is 0. The Balaban J connectivity index is 2.35. The van der Waals surface area contributed by atoms with Crippen LogP contribution in [-0.4, -0.2) is 24.8 Å². The smallest absolute Gasteiger partial charge is 0.335 e. The van der Waals surface area contributed by atoms with Crippen LogP contribution >= 0.6 is 0 Å². The number of nitrogens with one attached hydrogen (secondary N) is 2. The molecule has 1 aliphatic rings. The zero-order chi connectivity index (χ0) is 12.4. The number of alkyl halides is 3. The van der Waals surface area contributed by atoms with Crippen molar-refractivity contribution in [1.29, 1.82) is 0 Å². The molecule has 2 amide bonds. The van der Waals surface area contributed by atoms with E-state index in [0.717, 1.165) is 19.3 Å². The van der Waals surface area contributed by atoms with Crippen LogP contribution < -0.4 is 10.6 Å². The van der Waals surface area contributed by atoms with Gasteiger partial charge in [0.15, 0.2) is 0 Å². The quantitative estimate of drug-likeness (QED) is 0.762. The Labute approximate surface area is 92.8 Å². The van der Waals surface area contributed by atoms with Crippen LogP contribution in [0.4, 0.5) is 18.0 Å². The first kappa shape index (κ1) is 13.1. The van der Waals surface area contributed by atoms with Crippen molar-refractivity contribution in [1.82, 2.24) is 10.6 Å². The Kier molecular flexibility index (Phi) is 3.70. The molecule has 0 aliphatic heterocycles. The first-order valence-electron chi connectivity index (χ1n) is 5.32. The zero-order valence-electron chi connectivity index (χ0n) is 9.45. The van der Waals surface area contributed by atoms with E-state index in [-0.39, 0.29) is 11.5 Å². The monoisotopic (exact) mass is 238 g/mol. The maximum absolute atomic E-state index is 11.8. The lowest BCUT2D eigenvalue weighted by Crippen LogP contribution is -2.48. The lowest BCUT2D eigenvalue weighted by atomic mass is 9.87. The summed E-state index contributed by atoms with van der Waals surface area (Å²) in [6, 6.07) is -0.780. The third-order valence-corrected chi connectivity index (χ3v) is 3.01. The van der Waals surface area contributed by atoms with Gasteiger partial charge < -0.3 is 10.6 Å². The number of hydrogen-bond acceptors (Lipinski definition) is 1. The van der Waals surface area contributed by atoms with E-state index in [1.165, 1.54) is 0 Å². The fraction of sp³-hybridized carbons (Fsp3) is 0.900. The second-order valence-corrected chi connectivity index (χ2v) is 4.88. The first-order valence-corrected chi connectivity index (χ1v) is 5.32. The summed E-state index contributed by atoms with van der Waals surface area (Å²) in [5.41, 5.74) is -0.0322. The molecule has 0 radical (unpaired) electrons. The van der Waals surface area contributed by atoms with Crippen LogP contribution in [-0.2, 0) is 0 Å². The molecular formula is C10H17F3N2O. The fourth-order valence-electron chi connectivity index (χ4n) is 1.98. The van der Waals surface area contributed by atoms with E-state index in [4.69, 9.17) is 0 Å². The van der Waals surface area contributed by atoms with Crippen molar-refractivity contribution in [3.05, 3.63) is 0 Å². The van der Waals surface area contributed by atoms with Crippen molar-refractivity contribution in [3.63, 3.8) is 0 Å². The molecule has 2 N–H and O–H groups in total. The van der Waals surface area contributed by atoms with Crippen LogP contribution in [0.2, 0.25) is 0 Å². The van der Waals surface area contributed by atoms with Gasteiger partial charge in [-0.1, -0.05) is 20.3 Å². The molecule has 1 unspecified atom stereocenters. The Morgan fingerprint density at radius 2 is 2.06 bits per heavy atom. The van der Waals surface area contributed by atoms with Gasteiger partial charge in [0, 0.05) is 6.04 Å². The highest BCUT2D eigenvalue weighted by atomic mass is 19.4. The van der Waals surface area contributed by atoms with E-state index in [2.05, 4.69) is 5.32 Å². The van der Waals surface area contributed by atoms with Crippen LogP contribution in [0.25, 0.3) is 0 Å². The van der Waals surface area contributed by atoms with Crippen LogP contribution in [0.5, 0.6) is 0 Å². The van der Waals surface area contributed by atoms with Gasteiger partial charge in [-0.2, -0.15) is 13.2 Å². The standard InChI is InChI=1S/C10H17F3N2O/c1-9(2)5-3-4-7(9)15-8(16)14-6-10(11,12)13/h7H,3-6H2,1-2H3,(H2,14,15,16). The Morgan fingerprint density at radius 3 is 2.50 bits per heavy atom. The highest BCUT2D eigenvalue weighted by molar-refractivity contribution is 5.74. The minimum atomic E-state index is -4.36. The molecule has 0 saturated heterocycles. The third-order valence-electron chi connectivity index (χ3n) is 3.01. The van der Waals surface area contributed by atoms with Crippen LogP contribution in [0, 0.1) is 5.41 Å². The Bertz CT molecular complexity index is 263. The molecule has 1 fully saturated rings. The van der Waals surface area contributed by atoms with Crippen molar-refractivity contribution < 1.29 is 18.0 Å². The van der Waals surface area contributed by atoms with Crippen LogP contribution in [0.3, 0.4) is 0 Å². The minimum Gasteiger partial charge on any atom is -0.335 e. The van der Waals surface area contributed by atoms with Crippen molar-refractivity contribution in [2.45, 2.75) is 45.3 Å². The molecule has 0 aromatic rings. The lowest BCUT2D eigenvalue weighted by Gasteiger charge is -2.27. The van der Waals surface area contributed by atoms with Crippen molar-refractivity contribution in [2.24, 2.45) is 5.41 Å². The molecule has 1 atom stereocenters. The molecule has 0 spiro atoms. The van der Waals surface area contributed by atoms with Gasteiger partial charge in [-0.3, -0.25) is 0 Å². The number of carbonyl (C=O) groups excluding carboxylic acids is 1. The summed E-state index contributed by atoms with van der Waals surface area (Å²) in [4.78, 5) is 11.2. The average Bonchev–Trinajstić information content (AvgIpc) is 2.42. The maximum atomic E-state index is 11.8. The summed E-state index contributed by atoms with van der Waals surface area (Å²) >= 11 is 0. The van der Waals surface area contributed by atoms with Crippen molar-refractivity contribution in [2.75, 3.05) is 6.54 Å². The molecule has 0 heterocycles. The van der Waals surface area contributed by atoms with Gasteiger partial charge in [-0.25, -0.2) is 4.79 Å². The molecule has 0 bridgehead atoms. The number of urea groups is 1. The van der Waals surface area contributed by atoms with Gasteiger partial charge >= 0.3 is 12.2 Å². The maximum Gasteiger partial charge on any atom is 0.405 e. The molecule has 3 nitrogen and oxygen atoms in total. The number of halogens is 3. The van der Waals surface area contributed by atoms with Gasteiger partial charge in [-0.05, 0) is 18.3 Å². The highest BCUT2D eigenvalue weighted by Crippen LogP contribution is 2.37. The van der Waals surface area contributed by atoms with Gasteiger partial charge in [0.05, 0.1) is 0 Å². The predicted molar refractivity (Wildman–Crippen MR) is 54.0 cm³/mol. The largest absolute Gasteiger partial charge is 0.405 e. The van der Waals surface area contributed by atoms with E-state index < -0.39 is 18.8 Å². The van der Waals surface area contributed by atoms with Gasteiger partial charge in [0.2, 0.25) is 0 Å². The average molecular weight is 238 g/mol. The molecule has 1 saturated carbocycles. The van der Waals surface area contributed by atoms with Gasteiger partial charge in [0.25, 0.3) is 0 Å². The summed E-state index contributed by atoms with van der Waals surface area (Å²) in [7, 11) is 0. The predicted octanol–water partition coefficient (Wildman–Crippen LogP) is 2.43. The molecule has 0 aromatic carbocycles. The molecular weight excluding hydrogens is 221 g/mol. The van der Waals surface area contributed by atoms with E-state index in [1.54, 1.807) is 0 Å². The summed E-state index contributed by atoms with van der Waals surface area (Å²) in [6.45, 7) is 2.73. The highest BCUT2D eigenvalue weighted by Gasteiger charge is 2.36. The second-order valence-electron chi connectivity index (χ2n) is 4.88. The van der Waals surface area contributed by atoms with Gasteiger partial charge in [0.1, 0.15) is 6.54 Å². The van der Waals surface area contributed by atoms with E-state index >= 15 is 0 Å². The minimum absolute atomic E-state index is 0.0322. The van der Waals surface area contributed by atoms with E-state index in [0.29, 0.717) is 0 Å². The summed E-state index contributed by atoms with van der Waals surface area (Å²) in [5, 5.41) is 4.40. The Hall–Kier alpha value is -0.940. The van der Waals surface area contributed by atoms with Crippen molar-refractivity contribution in [3.8, 4) is 0 Å². The summed E-state index contributed by atoms with van der Waals surface area (Å²) in [6.07, 6.45) is -1.55. The number of hydrogen-bond donors (Lipinski definition) is 2. The molecule has 1 aliphatic carbocycles. The Morgan fingerprint density at radius 1 is 1.44 bits per heavy atom. The number of rotatable bonds is 2. The first-order chi connectivity index (χ1) is 7.21. The molecule has 94 valence electrons. The third kappa shape index (κ3) is 3.90. The fourth-order valence-corrected chi connectivity index (χ4v) is 1.98. The van der Waals surface area contributed by atoms with Crippen LogP contribution in [0.15, 0.2) is 0 Å². The lowest BCUT2D eigenvalue weighted by molar-refractivity contribution is -0.122. The van der Waals surface area contributed by atoms with Crippen LogP contribution in [0.1, 0.15) is 33.1 Å². The van der Waals surface area contributed by atoms with Crippen molar-refractivity contribution >= 4 is 6.03 Å². The SMILES string of the molecule is CC1(C)CCCC1NC(=O)NCC(F)(F)F. The summed E-state index contributed by atoms with van der Waals surface area (Å²) < 4.78 is 35.5. The zero-order valence-corrected chi connectivity index (χ0v) is 9.45. The molecule has 1 rings (SSSR count). The van der Waals surface area contributed by atoms with Gasteiger partial charge in [-0.15, -0.1) is 0 Å². The second kappa shape index (κ2) is 4.51. The van der Waals surface area contributed by atoms with E-state index in [9.17, 15) is 18.0 Å². The topological polar surface area (TPSA) is 41.1 Å². The number of amides is 2. The molecule has 6 heteroatoms. The number of carbonyl (C=O) groups is 1. The molecule has 16 heavy (non-hydrogen) atoms. The molecule has 0 aromatic heterocycles.